The van der Waals surface area contributed by atoms with E-state index in [1.165, 1.54) is 154 Å². The van der Waals surface area contributed by atoms with Gasteiger partial charge in [0.15, 0.2) is 17.3 Å². The quantitative estimate of drug-likeness (QED) is 0.0288. The van der Waals surface area contributed by atoms with Crippen LogP contribution in [-0.2, 0) is 0 Å². The van der Waals surface area contributed by atoms with Gasteiger partial charge in [-0.05, 0) is 72.9 Å². The molecule has 12 nitrogen and oxygen atoms in total. The molecule has 0 saturated heterocycles. The molecule has 3 aromatic carbocycles. The highest BCUT2D eigenvalue weighted by molar-refractivity contribution is 5.87. The van der Waals surface area contributed by atoms with Gasteiger partial charge in [0.05, 0.1) is 33.0 Å². The molecule has 0 aliphatic carbocycles. The normalized spacial score (nSPS) is 12.2. The molecular formula is C76H122N6O6. The van der Waals surface area contributed by atoms with Crippen molar-refractivity contribution in [1.82, 2.24) is 20.3 Å². The summed E-state index contributed by atoms with van der Waals surface area (Å²) >= 11 is 0. The van der Waals surface area contributed by atoms with Crippen LogP contribution in [0, 0.1) is 11.8 Å². The summed E-state index contributed by atoms with van der Waals surface area (Å²) in [6, 6.07) is 16.0. The van der Waals surface area contributed by atoms with Crippen molar-refractivity contribution < 1.29 is 28.5 Å². The van der Waals surface area contributed by atoms with Gasteiger partial charge in [0, 0.05) is 23.2 Å². The number of rotatable bonds is 53. The minimum atomic E-state index is -0.386. The fraction of sp³-hybridized carbons (Fsp3) is 0.658. The fourth-order valence-corrected chi connectivity index (χ4v) is 10.4. The first kappa shape index (κ1) is 74.7. The van der Waals surface area contributed by atoms with Crippen molar-refractivity contribution in [1.29, 1.82) is 0 Å². The number of urea groups is 1. The molecule has 492 valence electrons. The molecule has 2 amide bonds. The number of nitrogen functional groups attached to an aromatic ring is 1. The molecule has 0 saturated carbocycles. The van der Waals surface area contributed by atoms with Gasteiger partial charge in [-0.3, -0.25) is 5.32 Å². The molecule has 0 unspecified atom stereocenters. The van der Waals surface area contributed by atoms with E-state index in [1.54, 1.807) is 0 Å². The molecule has 4 rings (SSSR count). The second-order valence-corrected chi connectivity index (χ2v) is 24.9. The summed E-state index contributed by atoms with van der Waals surface area (Å²) in [5.74, 6) is 5.01. The van der Waals surface area contributed by atoms with Gasteiger partial charge in [0.2, 0.25) is 17.6 Å². The Balaban J connectivity index is 1.67. The van der Waals surface area contributed by atoms with Gasteiger partial charge in [-0.1, -0.05) is 297 Å². The number of amides is 2. The summed E-state index contributed by atoms with van der Waals surface area (Å²) in [5, 5.41) is 5.51. The van der Waals surface area contributed by atoms with Crippen LogP contribution in [0.4, 0.5) is 16.7 Å². The van der Waals surface area contributed by atoms with Gasteiger partial charge < -0.3 is 34.7 Å². The molecule has 12 heteroatoms. The van der Waals surface area contributed by atoms with Crippen molar-refractivity contribution in [2.75, 3.05) is 50.6 Å². The number of carbonyl (C=O) groups is 1. The SMILES string of the molecule is CCCCCCCCCCCCOc1cc(/C=C/c2cc(OC[C@H](C)CC)c(/C=C/c3ccc(-c4nc(N)nc(NC(=O)NCCCC)n4)cc3)cc2OC[C@H](C)CC)cc(OCCCCCCCCCCCC)c1OCCCCCCCCCCCC. The molecule has 88 heavy (non-hydrogen) atoms. The lowest BCUT2D eigenvalue weighted by molar-refractivity contribution is 0.234. The smallest absolute Gasteiger partial charge is 0.321 e. The number of nitrogens with two attached hydrogens (primary N) is 1. The van der Waals surface area contributed by atoms with Crippen LogP contribution >= 0.6 is 0 Å². The molecule has 0 radical (unpaired) electrons. The predicted molar refractivity (Wildman–Crippen MR) is 374 cm³/mol. The summed E-state index contributed by atoms with van der Waals surface area (Å²) in [6.45, 7) is 21.4. The van der Waals surface area contributed by atoms with Gasteiger partial charge >= 0.3 is 6.03 Å². The van der Waals surface area contributed by atoms with E-state index in [9.17, 15) is 4.79 Å². The maximum absolute atomic E-state index is 12.5. The van der Waals surface area contributed by atoms with Gasteiger partial charge in [0.25, 0.3) is 0 Å². The highest BCUT2D eigenvalue weighted by Crippen LogP contribution is 2.41. The lowest BCUT2D eigenvalue weighted by Gasteiger charge is -2.19. The third kappa shape index (κ3) is 32.6. The van der Waals surface area contributed by atoms with E-state index in [-0.39, 0.29) is 17.9 Å². The first-order chi connectivity index (χ1) is 43.1. The standard InChI is InChI=1S/C76H122N6O6/c1-9-15-19-22-25-28-31-34-37-40-52-84-70-55-64(56-71(85-53-41-38-35-32-29-26-23-20-16-10-2)72(70)86-54-42-39-36-33-30-27-24-21-17-11-3)46-50-67-58-68(87-59-61(7)13-5)66(57-69(67)88-60-62(8)14-6)49-45-63-43-47-65(48-44-63)73-79-74(77)81-75(80-73)82-76(83)78-51-18-12-4/h43-50,55-58,61-62H,9-42,51-54,59-60H2,1-8H3,(H4,77,78,79,80,81,82,83)/b49-45+,50-46+/t61-,62-/m1/s1. The highest BCUT2D eigenvalue weighted by atomic mass is 16.5. The second-order valence-electron chi connectivity index (χ2n) is 24.9. The van der Waals surface area contributed by atoms with Crippen molar-refractivity contribution in [2.45, 2.75) is 274 Å². The molecule has 0 aliphatic heterocycles. The van der Waals surface area contributed by atoms with Crippen LogP contribution in [0.15, 0.2) is 48.5 Å². The monoisotopic (exact) mass is 1210 g/mol. The van der Waals surface area contributed by atoms with E-state index in [4.69, 9.17) is 29.4 Å². The van der Waals surface area contributed by atoms with Crippen molar-refractivity contribution in [3.05, 3.63) is 70.8 Å². The second kappa shape index (κ2) is 48.1. The number of benzene rings is 3. The molecule has 0 fully saturated rings. The van der Waals surface area contributed by atoms with Crippen LogP contribution < -0.4 is 40.1 Å². The Hall–Kier alpha value is -5.78. The number of nitrogens with one attached hydrogen (secondary N) is 2. The summed E-state index contributed by atoms with van der Waals surface area (Å²) in [6.07, 6.45) is 50.6. The topological polar surface area (TPSA) is 152 Å². The molecule has 4 aromatic rings. The minimum Gasteiger partial charge on any atom is -0.493 e. The summed E-state index contributed by atoms with van der Waals surface area (Å²) in [7, 11) is 0. The largest absolute Gasteiger partial charge is 0.493 e. The number of unbranched alkanes of at least 4 members (excludes halogenated alkanes) is 28. The van der Waals surface area contributed by atoms with E-state index in [2.05, 4.69) is 130 Å². The maximum atomic E-state index is 12.5. The van der Waals surface area contributed by atoms with E-state index < -0.39 is 0 Å². The van der Waals surface area contributed by atoms with Gasteiger partial charge in [-0.25, -0.2) is 4.79 Å². The molecule has 4 N–H and O–H groups in total. The number of anilines is 2. The van der Waals surface area contributed by atoms with Gasteiger partial charge in [0.1, 0.15) is 11.5 Å². The Kier molecular flexibility index (Phi) is 40.8. The van der Waals surface area contributed by atoms with Crippen LogP contribution in [0.25, 0.3) is 35.7 Å². The van der Waals surface area contributed by atoms with Crippen LogP contribution in [0.2, 0.25) is 0 Å². The zero-order valence-corrected chi connectivity index (χ0v) is 56.7. The summed E-state index contributed by atoms with van der Waals surface area (Å²) in [4.78, 5) is 25.5. The first-order valence-electron chi connectivity index (χ1n) is 35.6. The Morgan fingerprint density at radius 3 is 1.26 bits per heavy atom. The third-order valence-corrected chi connectivity index (χ3v) is 16.7. The Labute approximate surface area is 535 Å². The zero-order chi connectivity index (χ0) is 63.1. The van der Waals surface area contributed by atoms with E-state index in [0.29, 0.717) is 57.2 Å². The zero-order valence-electron chi connectivity index (χ0n) is 56.7. The Morgan fingerprint density at radius 2 is 0.841 bits per heavy atom. The summed E-state index contributed by atoms with van der Waals surface area (Å²) in [5.41, 5.74) is 10.6. The first-order valence-corrected chi connectivity index (χ1v) is 35.6. The number of aromatic nitrogens is 3. The van der Waals surface area contributed by atoms with E-state index >= 15 is 0 Å². The minimum absolute atomic E-state index is 0.0204. The molecule has 1 aromatic heterocycles. The number of carbonyl (C=O) groups excluding carboxylic acids is 1. The molecule has 1 heterocycles. The van der Waals surface area contributed by atoms with Gasteiger partial charge in [-0.2, -0.15) is 15.0 Å². The van der Waals surface area contributed by atoms with Crippen molar-refractivity contribution in [2.24, 2.45) is 11.8 Å². The fourth-order valence-electron chi connectivity index (χ4n) is 10.4. The Bertz CT molecular complexity index is 2450. The molecule has 0 spiro atoms. The van der Waals surface area contributed by atoms with Crippen molar-refractivity contribution in [3.8, 4) is 40.1 Å². The van der Waals surface area contributed by atoms with Crippen LogP contribution in [0.1, 0.15) is 296 Å². The molecule has 0 bridgehead atoms. The molecule has 2 atom stereocenters. The number of hydrogen-bond donors (Lipinski definition) is 3. The summed E-state index contributed by atoms with van der Waals surface area (Å²) < 4.78 is 33.9. The van der Waals surface area contributed by atoms with E-state index in [0.717, 1.165) is 121 Å². The number of ether oxygens (including phenoxy) is 5. The lowest BCUT2D eigenvalue weighted by atomic mass is 10.0. The van der Waals surface area contributed by atoms with Crippen LogP contribution in [-0.4, -0.2) is 60.6 Å². The number of nitrogens with zero attached hydrogens (tertiary/aromatic N) is 3. The van der Waals surface area contributed by atoms with E-state index in [1.807, 2.05) is 24.3 Å². The average molecular weight is 1220 g/mol. The maximum Gasteiger partial charge on any atom is 0.321 e. The molecular weight excluding hydrogens is 1090 g/mol. The van der Waals surface area contributed by atoms with Gasteiger partial charge in [-0.15, -0.1) is 0 Å². The Morgan fingerprint density at radius 1 is 0.443 bits per heavy atom. The average Bonchev–Trinajstić information content (AvgIpc) is 3.72. The van der Waals surface area contributed by atoms with Crippen LogP contribution in [0.3, 0.4) is 0 Å². The van der Waals surface area contributed by atoms with Crippen molar-refractivity contribution in [3.63, 3.8) is 0 Å². The third-order valence-electron chi connectivity index (χ3n) is 16.7. The van der Waals surface area contributed by atoms with Crippen molar-refractivity contribution >= 4 is 42.2 Å². The molecule has 0 aliphatic rings. The predicted octanol–water partition coefficient (Wildman–Crippen LogP) is 22.1. The lowest BCUT2D eigenvalue weighted by Crippen LogP contribution is -2.30. The number of hydrogen-bond acceptors (Lipinski definition) is 10. The van der Waals surface area contributed by atoms with Crippen LogP contribution in [0.5, 0.6) is 28.7 Å². The highest BCUT2D eigenvalue weighted by Gasteiger charge is 2.18.